The van der Waals surface area contributed by atoms with Crippen molar-refractivity contribution in [1.29, 1.82) is 0 Å². The Labute approximate surface area is 497 Å². The third kappa shape index (κ3) is 29.9. The van der Waals surface area contributed by atoms with Crippen LogP contribution in [0.3, 0.4) is 0 Å². The van der Waals surface area contributed by atoms with Crippen LogP contribution in [0.5, 0.6) is 0 Å². The maximum absolute atomic E-state index is 13.5. The summed E-state index contributed by atoms with van der Waals surface area (Å²) in [6.45, 7) is 18.5. The summed E-state index contributed by atoms with van der Waals surface area (Å²) in [5.41, 5.74) is 5.80. The SMILES string of the molecule is C.CC(C)(C)OC(=O)N1CCOC(CN)C1.CC(C)(C)OC(=O)N1CCOC(CNS(C)(=O)=O)C1.CS(=O)(=O)NCC1CN(c2ncnc3ccc(F)cc23)CCO1.CS(=O)(=O)NCC1CNCCO1.Cl.Fc1ccc2ncnc(Cl)c2c1. The molecule has 0 aliphatic carbocycles. The first-order valence-electron chi connectivity index (χ1n) is 25.6. The average molecular weight is 1280 g/mol. The van der Waals surface area contributed by atoms with Gasteiger partial charge in [-0.05, 0) is 77.9 Å². The molecule has 4 unspecified atom stereocenters. The predicted molar refractivity (Wildman–Crippen MR) is 315 cm³/mol. The monoisotopic (exact) mass is 1280 g/mol. The summed E-state index contributed by atoms with van der Waals surface area (Å²) in [7, 11) is -9.61. The molecule has 33 heteroatoms. The van der Waals surface area contributed by atoms with E-state index in [0.29, 0.717) is 113 Å². The number of nitrogens with two attached hydrogens (primary N) is 1. The maximum atomic E-state index is 13.5. The van der Waals surface area contributed by atoms with Gasteiger partial charge in [0.1, 0.15) is 46.5 Å². The van der Waals surface area contributed by atoms with Gasteiger partial charge in [-0.15, -0.1) is 12.4 Å². The highest BCUT2D eigenvalue weighted by Gasteiger charge is 2.30. The number of carbonyl (C=O) groups excluding carboxylic acids is 2. The summed E-state index contributed by atoms with van der Waals surface area (Å²) in [5.74, 6) is -0.0570. The molecule has 6 N–H and O–H groups in total. The van der Waals surface area contributed by atoms with Crippen molar-refractivity contribution in [3.05, 3.63) is 65.8 Å². The number of benzene rings is 2. The number of fused-ring (bicyclic) bond motifs is 2. The number of nitrogens with zero attached hydrogens (tertiary/aromatic N) is 7. The van der Waals surface area contributed by atoms with E-state index in [2.05, 4.69) is 39.4 Å². The van der Waals surface area contributed by atoms with Crippen molar-refractivity contribution in [3.8, 4) is 0 Å². The number of sulfonamides is 3. The van der Waals surface area contributed by atoms with E-state index < -0.39 is 47.4 Å². The van der Waals surface area contributed by atoms with Crippen LogP contribution in [0.2, 0.25) is 5.15 Å². The third-order valence-electron chi connectivity index (χ3n) is 11.1. The normalized spacial score (nSPS) is 19.5. The predicted octanol–water partition coefficient (Wildman–Crippen LogP) is 3.28. The molecule has 4 fully saturated rings. The highest BCUT2D eigenvalue weighted by atomic mass is 35.5. The van der Waals surface area contributed by atoms with E-state index in [-0.39, 0.29) is 80.2 Å². The zero-order valence-corrected chi connectivity index (χ0v) is 51.5. The minimum Gasteiger partial charge on any atom is -0.444 e. The molecule has 83 heavy (non-hydrogen) atoms. The van der Waals surface area contributed by atoms with Crippen molar-refractivity contribution in [3.63, 3.8) is 0 Å². The number of anilines is 1. The second kappa shape index (κ2) is 34.5. The lowest BCUT2D eigenvalue weighted by Crippen LogP contribution is -2.50. The number of nitrogens with one attached hydrogen (secondary N) is 4. The van der Waals surface area contributed by atoms with E-state index in [1.807, 2.05) is 25.7 Å². The Morgan fingerprint density at radius 2 is 1.07 bits per heavy atom. The summed E-state index contributed by atoms with van der Waals surface area (Å²) in [6, 6.07) is 8.60. The molecule has 4 aromatic rings. The van der Waals surface area contributed by atoms with Crippen molar-refractivity contribution < 1.29 is 72.0 Å². The minimum absolute atomic E-state index is 0. The van der Waals surface area contributed by atoms with Crippen LogP contribution in [0, 0.1) is 11.6 Å². The first-order chi connectivity index (χ1) is 37.8. The van der Waals surface area contributed by atoms with E-state index in [0.717, 1.165) is 25.3 Å². The zero-order valence-electron chi connectivity index (χ0n) is 47.4. The van der Waals surface area contributed by atoms with Gasteiger partial charge < -0.3 is 54.2 Å². The Morgan fingerprint density at radius 3 is 1.54 bits per heavy atom. The summed E-state index contributed by atoms with van der Waals surface area (Å²) in [4.78, 5) is 44.8. The van der Waals surface area contributed by atoms with Gasteiger partial charge in [0, 0.05) is 76.2 Å². The van der Waals surface area contributed by atoms with Crippen LogP contribution in [0.1, 0.15) is 49.0 Å². The molecular weight excluding hydrogens is 1200 g/mol. The zero-order chi connectivity index (χ0) is 60.2. The van der Waals surface area contributed by atoms with E-state index in [1.54, 1.807) is 37.8 Å². The van der Waals surface area contributed by atoms with Gasteiger partial charge in [-0.3, -0.25) is 0 Å². The van der Waals surface area contributed by atoms with Crippen molar-refractivity contribution in [1.82, 2.24) is 49.2 Å². The lowest BCUT2D eigenvalue weighted by atomic mass is 10.2. The standard InChI is InChI=1S/C14H17FN4O3S.C11H22N2O5S.C10H20N2O3.C8H4ClFN2.C6H14N2O3S.CH4.ClH/c1-23(20,21)18-7-11-8-19(4-5-22-11)14-12-6-10(15)2-3-13(12)16-9-17-14;1-11(2,3)18-10(14)13-5-6-17-9(8-13)7-12-19(4,15)16;1-10(2,3)15-9(13)12-4-5-14-8(6-11)7-12;9-8-6-3-5(10)1-2-7(6)11-4-12-8;1-12(9,10)8-5-6-4-7-2-3-11-6;;/h2-3,6,9,11,18H,4-5,7-8H2,1H3;9,12H,5-8H2,1-4H3;8H,4-7,11H2,1-3H3;1-4H;6-8H,2-5H2,1H3;1H4;1H. The fourth-order valence-corrected chi connectivity index (χ4v) is 9.13. The number of halogens is 4. The van der Waals surface area contributed by atoms with Gasteiger partial charge in [-0.25, -0.2) is 77.7 Å². The number of rotatable bonds is 11. The Balaban J connectivity index is 0.000000360. The van der Waals surface area contributed by atoms with Crippen molar-refractivity contribution in [2.75, 3.05) is 129 Å². The molecule has 8 rings (SSSR count). The molecule has 2 aromatic carbocycles. The molecule has 0 bridgehead atoms. The largest absolute Gasteiger partial charge is 0.444 e. The van der Waals surface area contributed by atoms with Gasteiger partial charge in [0.25, 0.3) is 0 Å². The molecule has 2 aromatic heterocycles. The third-order valence-corrected chi connectivity index (χ3v) is 13.5. The first kappa shape index (κ1) is 74.5. The van der Waals surface area contributed by atoms with Crippen LogP contribution in [0.25, 0.3) is 21.8 Å². The Morgan fingerprint density at radius 1 is 0.651 bits per heavy atom. The van der Waals surface area contributed by atoms with E-state index in [9.17, 15) is 43.6 Å². The lowest BCUT2D eigenvalue weighted by molar-refractivity contribution is -0.0395. The molecule has 0 saturated carbocycles. The molecule has 4 aliphatic rings. The molecule has 4 aliphatic heterocycles. The van der Waals surface area contributed by atoms with Crippen LogP contribution in [-0.4, -0.2) is 227 Å². The van der Waals surface area contributed by atoms with Crippen LogP contribution < -0.4 is 30.1 Å². The smallest absolute Gasteiger partial charge is 0.410 e. The molecule has 4 atom stereocenters. The number of hydrogen-bond acceptors (Lipinski definition) is 21. The number of ether oxygens (including phenoxy) is 6. The fourth-order valence-electron chi connectivity index (χ4n) is 7.47. The van der Waals surface area contributed by atoms with Crippen LogP contribution in [-0.2, 0) is 58.5 Å². The van der Waals surface area contributed by atoms with Crippen molar-refractivity contribution in [2.45, 2.75) is 84.6 Å². The molecule has 6 heterocycles. The summed E-state index contributed by atoms with van der Waals surface area (Å²) >= 11 is 5.71. The van der Waals surface area contributed by atoms with Crippen molar-refractivity contribution >= 4 is 93.9 Å². The summed E-state index contributed by atoms with van der Waals surface area (Å²) < 4.78 is 131. The first-order valence-corrected chi connectivity index (χ1v) is 31.7. The summed E-state index contributed by atoms with van der Waals surface area (Å²) in [5, 5.41) is 4.56. The Bertz CT molecular complexity index is 3010. The number of morpholine rings is 4. The van der Waals surface area contributed by atoms with E-state index in [1.165, 1.54) is 41.8 Å². The number of amides is 2. The van der Waals surface area contributed by atoms with Crippen LogP contribution in [0.15, 0.2) is 49.1 Å². The highest BCUT2D eigenvalue weighted by molar-refractivity contribution is 7.89. The Kier molecular flexibility index (Phi) is 31.0. The van der Waals surface area contributed by atoms with Crippen molar-refractivity contribution in [2.24, 2.45) is 5.73 Å². The van der Waals surface area contributed by atoms with Gasteiger partial charge in [-0.2, -0.15) is 0 Å². The molecule has 4 saturated heterocycles. The van der Waals surface area contributed by atoms with Gasteiger partial charge in [0.2, 0.25) is 30.1 Å². The number of hydrogen-bond donors (Lipinski definition) is 5. The molecule has 0 radical (unpaired) electrons. The average Bonchev–Trinajstić information content (AvgIpc) is 3.42. The number of carbonyl (C=O) groups is 2. The van der Waals surface area contributed by atoms with Crippen LogP contribution >= 0.6 is 24.0 Å². The second-order valence-corrected chi connectivity index (χ2v) is 26.6. The second-order valence-electron chi connectivity index (χ2n) is 20.8. The van der Waals surface area contributed by atoms with Gasteiger partial charge in [-0.1, -0.05) is 19.0 Å². The number of aromatic nitrogens is 4. The highest BCUT2D eigenvalue weighted by Crippen LogP contribution is 2.26. The van der Waals surface area contributed by atoms with Gasteiger partial charge in [0.15, 0.2) is 0 Å². The minimum atomic E-state index is -3.27. The lowest BCUT2D eigenvalue weighted by Gasteiger charge is -2.34. The topological polar surface area (TPSA) is 327 Å². The van der Waals surface area contributed by atoms with Gasteiger partial charge in [0.05, 0.1) is 93.7 Å². The maximum Gasteiger partial charge on any atom is 0.410 e. The molecule has 0 spiro atoms. The Hall–Kier alpha value is -4.61. The molecular formula is C50H82Cl2F2N12O14S3. The van der Waals surface area contributed by atoms with E-state index in [4.69, 9.17) is 45.8 Å². The van der Waals surface area contributed by atoms with E-state index >= 15 is 0 Å². The quantitative estimate of drug-likeness (QED) is 0.135. The van der Waals surface area contributed by atoms with Gasteiger partial charge >= 0.3 is 12.2 Å². The molecule has 26 nitrogen and oxygen atoms in total. The summed E-state index contributed by atoms with van der Waals surface area (Å²) in [6.07, 6.45) is 4.69. The van der Waals surface area contributed by atoms with Crippen LogP contribution in [0.4, 0.5) is 24.2 Å². The molecule has 2 amide bonds. The fraction of sp³-hybridized carbons (Fsp3) is 0.640. The molecule has 472 valence electrons.